The van der Waals surface area contributed by atoms with E-state index in [0.29, 0.717) is 51.2 Å². The van der Waals surface area contributed by atoms with Gasteiger partial charge in [0.25, 0.3) is 0 Å². The van der Waals surface area contributed by atoms with E-state index in [1.807, 2.05) is 32.0 Å². The van der Waals surface area contributed by atoms with Crippen molar-refractivity contribution in [1.29, 1.82) is 0 Å². The van der Waals surface area contributed by atoms with Crippen LogP contribution in [0.4, 0.5) is 0 Å². The molecule has 0 radical (unpaired) electrons. The summed E-state index contributed by atoms with van der Waals surface area (Å²) in [5.41, 5.74) is 3.88. The molecule has 9 heteroatoms. The minimum Gasteiger partial charge on any atom is -0.503 e. The molecule has 0 aromatic heterocycles. The van der Waals surface area contributed by atoms with Gasteiger partial charge in [-0.1, -0.05) is 13.0 Å². The van der Waals surface area contributed by atoms with Crippen LogP contribution in [-0.4, -0.2) is 44.8 Å². The van der Waals surface area contributed by atoms with Gasteiger partial charge in [-0.2, -0.15) is 0 Å². The number of methoxy groups -OCH3 is 3. The second-order valence-electron chi connectivity index (χ2n) is 9.32. The minimum atomic E-state index is -0.680. The van der Waals surface area contributed by atoms with Crippen molar-refractivity contribution in [3.8, 4) is 23.0 Å². The van der Waals surface area contributed by atoms with E-state index in [1.54, 1.807) is 26.4 Å². The van der Waals surface area contributed by atoms with Crippen LogP contribution in [-0.2, 0) is 14.3 Å². The summed E-state index contributed by atoms with van der Waals surface area (Å²) in [4.78, 5) is 27.1. The molecule has 2 N–H and O–H groups in total. The first-order valence-corrected chi connectivity index (χ1v) is 13.2. The van der Waals surface area contributed by atoms with Gasteiger partial charge in [-0.3, -0.25) is 4.79 Å². The molecule has 1 aliphatic heterocycles. The Hall–Kier alpha value is -3.46. The van der Waals surface area contributed by atoms with Gasteiger partial charge in [0.05, 0.1) is 38.0 Å². The molecular formula is C29H32BrNO7. The van der Waals surface area contributed by atoms with Gasteiger partial charge in [0.15, 0.2) is 28.8 Å². The summed E-state index contributed by atoms with van der Waals surface area (Å²) < 4.78 is 22.1. The minimum absolute atomic E-state index is 0.0568. The third-order valence-corrected chi connectivity index (χ3v) is 7.57. The molecule has 1 heterocycles. The van der Waals surface area contributed by atoms with Crippen molar-refractivity contribution in [1.82, 2.24) is 5.32 Å². The number of allylic oxidation sites excluding steroid dienone is 3. The zero-order chi connectivity index (χ0) is 27.6. The number of dihydropyridines is 1. The number of nitrogens with one attached hydrogen (secondary N) is 1. The predicted molar refractivity (Wildman–Crippen MR) is 146 cm³/mol. The standard InChI is InChI=1S/C29H32BrNO7/c1-6-9-38-29(34)25-15(2)31-20-11-17(16-7-8-22(35-3)23(13-16)36-4)12-21(32)27(20)26(25)18-10-19(30)28(33)24(14-18)37-5/h7-8,10,13-14,17,26,31,33H,6,9,11-12H2,1-5H3/t17-,26-/m0/s1. The normalized spacial score (nSPS) is 19.1. The lowest BCUT2D eigenvalue weighted by Crippen LogP contribution is -2.36. The van der Waals surface area contributed by atoms with Crippen LogP contribution in [0.2, 0.25) is 0 Å². The Morgan fingerprint density at radius 2 is 1.71 bits per heavy atom. The number of phenols is 1. The first kappa shape index (κ1) is 27.6. The molecule has 4 rings (SSSR count). The molecule has 2 aromatic carbocycles. The van der Waals surface area contributed by atoms with Crippen LogP contribution in [0, 0.1) is 0 Å². The van der Waals surface area contributed by atoms with E-state index in [0.717, 1.165) is 11.3 Å². The number of halogens is 1. The van der Waals surface area contributed by atoms with Crippen LogP contribution >= 0.6 is 15.9 Å². The molecule has 2 aliphatic rings. The second kappa shape index (κ2) is 11.5. The van der Waals surface area contributed by atoms with E-state index in [2.05, 4.69) is 21.2 Å². The maximum atomic E-state index is 13.8. The summed E-state index contributed by atoms with van der Waals surface area (Å²) in [6.07, 6.45) is 1.51. The number of ether oxygens (including phenoxy) is 4. The lowest BCUT2D eigenvalue weighted by Gasteiger charge is -2.37. The summed E-state index contributed by atoms with van der Waals surface area (Å²) in [7, 11) is 4.62. The second-order valence-corrected chi connectivity index (χ2v) is 10.2. The summed E-state index contributed by atoms with van der Waals surface area (Å²) in [5.74, 6) is 0.0854. The summed E-state index contributed by atoms with van der Waals surface area (Å²) in [6, 6.07) is 9.07. The van der Waals surface area contributed by atoms with E-state index in [-0.39, 0.29) is 36.2 Å². The first-order chi connectivity index (χ1) is 18.2. The predicted octanol–water partition coefficient (Wildman–Crippen LogP) is 5.50. The molecule has 1 aliphatic carbocycles. The van der Waals surface area contributed by atoms with E-state index in [9.17, 15) is 14.7 Å². The fourth-order valence-electron chi connectivity index (χ4n) is 5.17. The molecular weight excluding hydrogens is 554 g/mol. The number of benzene rings is 2. The molecule has 202 valence electrons. The number of ketones is 1. The van der Waals surface area contributed by atoms with Crippen molar-refractivity contribution in [2.75, 3.05) is 27.9 Å². The van der Waals surface area contributed by atoms with Crippen molar-refractivity contribution in [3.63, 3.8) is 0 Å². The zero-order valence-corrected chi connectivity index (χ0v) is 23.7. The fraction of sp³-hybridized carbons (Fsp3) is 0.379. The number of hydrogen-bond donors (Lipinski definition) is 2. The average Bonchev–Trinajstić information content (AvgIpc) is 2.91. The lowest BCUT2D eigenvalue weighted by molar-refractivity contribution is -0.139. The number of phenolic OH excluding ortho intramolecular Hbond substituents is 1. The number of aromatic hydroxyl groups is 1. The monoisotopic (exact) mass is 585 g/mol. The maximum absolute atomic E-state index is 13.8. The molecule has 0 amide bonds. The van der Waals surface area contributed by atoms with Crippen molar-refractivity contribution in [2.45, 2.75) is 44.9 Å². The van der Waals surface area contributed by atoms with Gasteiger partial charge in [-0.05, 0) is 77.0 Å². The van der Waals surface area contributed by atoms with Gasteiger partial charge in [0, 0.05) is 29.3 Å². The highest BCUT2D eigenvalue weighted by molar-refractivity contribution is 9.10. The SMILES string of the molecule is CCCOC(=O)C1=C(C)NC2=C(C(=O)C[C@@H](c3ccc(OC)c(OC)c3)C2)[C@H]1c1cc(Br)c(O)c(OC)c1. The molecule has 8 nitrogen and oxygen atoms in total. The molecule has 38 heavy (non-hydrogen) atoms. The Kier molecular flexibility index (Phi) is 8.35. The lowest BCUT2D eigenvalue weighted by atomic mass is 9.71. The number of esters is 1. The molecule has 2 aromatic rings. The van der Waals surface area contributed by atoms with Crippen LogP contribution < -0.4 is 19.5 Å². The van der Waals surface area contributed by atoms with Crippen LogP contribution in [0.25, 0.3) is 0 Å². The Morgan fingerprint density at radius 3 is 2.37 bits per heavy atom. The van der Waals surface area contributed by atoms with E-state index < -0.39 is 11.9 Å². The molecule has 0 bridgehead atoms. The largest absolute Gasteiger partial charge is 0.503 e. The number of carbonyl (C=O) groups is 2. The summed E-state index contributed by atoms with van der Waals surface area (Å²) in [6.45, 7) is 4.01. The Labute approximate surface area is 230 Å². The number of rotatable bonds is 8. The average molecular weight is 586 g/mol. The van der Waals surface area contributed by atoms with Crippen molar-refractivity contribution in [2.24, 2.45) is 0 Å². The number of hydrogen-bond acceptors (Lipinski definition) is 8. The highest BCUT2D eigenvalue weighted by Gasteiger charge is 2.42. The fourth-order valence-corrected chi connectivity index (χ4v) is 5.63. The molecule has 2 atom stereocenters. The third kappa shape index (κ3) is 5.12. The summed E-state index contributed by atoms with van der Waals surface area (Å²) >= 11 is 3.39. The molecule has 0 fully saturated rings. The Morgan fingerprint density at radius 1 is 1.03 bits per heavy atom. The zero-order valence-electron chi connectivity index (χ0n) is 22.1. The van der Waals surface area contributed by atoms with Gasteiger partial charge in [0.1, 0.15) is 0 Å². The highest BCUT2D eigenvalue weighted by Crippen LogP contribution is 2.48. The van der Waals surface area contributed by atoms with Crippen molar-refractivity contribution >= 4 is 27.7 Å². The first-order valence-electron chi connectivity index (χ1n) is 12.4. The molecule has 0 saturated carbocycles. The number of Topliss-reactive ketones (excluding diaryl/α,β-unsaturated/α-hetero) is 1. The van der Waals surface area contributed by atoms with Gasteiger partial charge < -0.3 is 29.4 Å². The van der Waals surface area contributed by atoms with E-state index >= 15 is 0 Å². The van der Waals surface area contributed by atoms with E-state index in [1.165, 1.54) is 7.11 Å². The van der Waals surface area contributed by atoms with Crippen LogP contribution in [0.3, 0.4) is 0 Å². The quantitative estimate of drug-likeness (QED) is 0.392. The van der Waals surface area contributed by atoms with Gasteiger partial charge in [-0.25, -0.2) is 4.79 Å². The van der Waals surface area contributed by atoms with Crippen LogP contribution in [0.15, 0.2) is 57.3 Å². The smallest absolute Gasteiger partial charge is 0.336 e. The Bertz CT molecular complexity index is 1330. The van der Waals surface area contributed by atoms with Crippen LogP contribution in [0.5, 0.6) is 23.0 Å². The topological polar surface area (TPSA) is 103 Å². The Balaban J connectivity index is 1.82. The van der Waals surface area contributed by atoms with Crippen LogP contribution in [0.1, 0.15) is 56.1 Å². The number of carbonyl (C=O) groups excluding carboxylic acids is 2. The van der Waals surface area contributed by atoms with Gasteiger partial charge in [0.2, 0.25) is 0 Å². The van der Waals surface area contributed by atoms with Gasteiger partial charge >= 0.3 is 5.97 Å². The molecule has 0 saturated heterocycles. The highest BCUT2D eigenvalue weighted by atomic mass is 79.9. The summed E-state index contributed by atoms with van der Waals surface area (Å²) in [5, 5.41) is 13.8. The molecule has 0 spiro atoms. The van der Waals surface area contributed by atoms with Crippen molar-refractivity contribution < 1.29 is 33.6 Å². The maximum Gasteiger partial charge on any atom is 0.336 e. The van der Waals surface area contributed by atoms with Gasteiger partial charge in [-0.15, -0.1) is 0 Å². The molecule has 0 unspecified atom stereocenters. The van der Waals surface area contributed by atoms with Crippen molar-refractivity contribution in [3.05, 3.63) is 68.5 Å². The van der Waals surface area contributed by atoms with E-state index in [4.69, 9.17) is 18.9 Å². The third-order valence-electron chi connectivity index (χ3n) is 6.97.